The molecule has 0 aromatic carbocycles. The van der Waals surface area contributed by atoms with Crippen molar-refractivity contribution in [2.75, 3.05) is 32.8 Å². The Morgan fingerprint density at radius 2 is 2.00 bits per heavy atom. The van der Waals surface area contributed by atoms with E-state index >= 15 is 0 Å². The van der Waals surface area contributed by atoms with Gasteiger partial charge in [0.1, 0.15) is 0 Å². The van der Waals surface area contributed by atoms with Crippen LogP contribution in [0.4, 0.5) is 0 Å². The summed E-state index contributed by atoms with van der Waals surface area (Å²) in [4.78, 5) is 12.1. The molecule has 1 aliphatic rings. The molecule has 1 heterocycles. The van der Waals surface area contributed by atoms with Crippen molar-refractivity contribution in [2.45, 2.75) is 6.42 Å². The molecule has 0 saturated carbocycles. The first-order valence-corrected chi connectivity index (χ1v) is 3.58. The Kier molecular flexibility index (Phi) is 6.97. The molecule has 0 aromatic rings. The molecule has 0 aliphatic carbocycles. The van der Waals surface area contributed by atoms with Crippen molar-refractivity contribution in [1.82, 2.24) is 4.90 Å². The van der Waals surface area contributed by atoms with E-state index in [0.717, 1.165) is 32.8 Å². The fourth-order valence-corrected chi connectivity index (χ4v) is 1.03. The first kappa shape index (κ1) is 11.2. The normalized spacial score (nSPS) is 18.9. The molecule has 0 unspecified atom stereocenters. The predicted octanol–water partition coefficient (Wildman–Crippen LogP) is -0.184. The third kappa shape index (κ3) is 4.59. The SMILES string of the molecule is O=[C-]CCN1CCOCC1.[V]. The number of carbonyl (C=O) groups excluding carboxylic acids is 1. The van der Waals surface area contributed by atoms with Crippen molar-refractivity contribution in [1.29, 1.82) is 0 Å². The molecule has 0 atom stereocenters. The summed E-state index contributed by atoms with van der Waals surface area (Å²) in [6.45, 7) is 4.37. The van der Waals surface area contributed by atoms with Crippen LogP contribution in [0.15, 0.2) is 0 Å². The molecule has 1 fully saturated rings. The van der Waals surface area contributed by atoms with Gasteiger partial charge in [-0.15, -0.1) is 6.42 Å². The van der Waals surface area contributed by atoms with Crippen LogP contribution in [0.25, 0.3) is 0 Å². The predicted molar refractivity (Wildman–Crippen MR) is 37.6 cm³/mol. The molecule has 11 heavy (non-hydrogen) atoms. The minimum Gasteiger partial charge on any atom is -0.542 e. The van der Waals surface area contributed by atoms with E-state index in [4.69, 9.17) is 4.74 Å². The number of hydrogen-bond donors (Lipinski definition) is 0. The van der Waals surface area contributed by atoms with Crippen LogP contribution in [0, 0.1) is 0 Å². The smallest absolute Gasteiger partial charge is 0.0594 e. The van der Waals surface area contributed by atoms with Crippen molar-refractivity contribution < 1.29 is 28.1 Å². The molecule has 0 amide bonds. The van der Waals surface area contributed by atoms with Gasteiger partial charge in [-0.25, -0.2) is 0 Å². The first-order valence-electron chi connectivity index (χ1n) is 3.58. The fraction of sp³-hybridized carbons (Fsp3) is 0.857. The van der Waals surface area contributed by atoms with Crippen LogP contribution in [0.1, 0.15) is 6.42 Å². The van der Waals surface area contributed by atoms with Crippen molar-refractivity contribution in [3.63, 3.8) is 0 Å². The average molecular weight is 193 g/mol. The molecular formula is C7H12NO2V-. The van der Waals surface area contributed by atoms with Gasteiger partial charge in [0.25, 0.3) is 0 Å². The molecule has 0 N–H and O–H groups in total. The third-order valence-corrected chi connectivity index (χ3v) is 1.63. The standard InChI is InChI=1S/C7H12NO2.V/c9-5-1-2-8-3-6-10-7-4-8;/h1-4,6-7H2;/q-1;. The molecule has 0 aromatic heterocycles. The van der Waals surface area contributed by atoms with Crippen LogP contribution in [0.2, 0.25) is 0 Å². The molecule has 63 valence electrons. The number of rotatable bonds is 3. The summed E-state index contributed by atoms with van der Waals surface area (Å²) in [5.41, 5.74) is 0. The molecule has 1 saturated heterocycles. The van der Waals surface area contributed by atoms with E-state index in [1.807, 2.05) is 6.29 Å². The molecular weight excluding hydrogens is 181 g/mol. The first-order chi connectivity index (χ1) is 4.93. The van der Waals surface area contributed by atoms with Crippen LogP contribution in [-0.4, -0.2) is 44.0 Å². The second kappa shape index (κ2) is 6.86. The second-order valence-electron chi connectivity index (χ2n) is 2.35. The molecule has 1 aliphatic heterocycles. The van der Waals surface area contributed by atoms with Gasteiger partial charge in [0, 0.05) is 31.6 Å². The Hall–Kier alpha value is 0.174. The minimum atomic E-state index is 0. The van der Waals surface area contributed by atoms with Crippen LogP contribution in [0.3, 0.4) is 0 Å². The van der Waals surface area contributed by atoms with Gasteiger partial charge in [0.15, 0.2) is 0 Å². The maximum absolute atomic E-state index is 9.86. The molecule has 3 nitrogen and oxygen atoms in total. The van der Waals surface area contributed by atoms with Crippen molar-refractivity contribution in [3.05, 3.63) is 0 Å². The maximum atomic E-state index is 9.86. The minimum absolute atomic E-state index is 0. The second-order valence-corrected chi connectivity index (χ2v) is 2.35. The molecule has 1 radical (unpaired) electrons. The van der Waals surface area contributed by atoms with Gasteiger partial charge < -0.3 is 14.4 Å². The summed E-state index contributed by atoms with van der Waals surface area (Å²) in [6, 6.07) is 0. The fourth-order valence-electron chi connectivity index (χ4n) is 1.03. The average Bonchev–Trinajstić information content (AvgIpc) is 2.03. The quantitative estimate of drug-likeness (QED) is 0.582. The molecule has 4 heteroatoms. The Balaban J connectivity index is 0.000001000. The monoisotopic (exact) mass is 193 g/mol. The summed E-state index contributed by atoms with van der Waals surface area (Å²) in [7, 11) is 0. The van der Waals surface area contributed by atoms with Gasteiger partial charge in [0.05, 0.1) is 13.2 Å². The summed E-state index contributed by atoms with van der Waals surface area (Å²) in [5.74, 6) is 0. The largest absolute Gasteiger partial charge is 0.542 e. The Morgan fingerprint density at radius 3 is 2.55 bits per heavy atom. The molecule has 0 spiro atoms. The Morgan fingerprint density at radius 1 is 1.36 bits per heavy atom. The van der Waals surface area contributed by atoms with Gasteiger partial charge in [-0.2, -0.15) is 0 Å². The Labute approximate surface area is 79.0 Å². The van der Waals surface area contributed by atoms with Crippen LogP contribution in [0.5, 0.6) is 0 Å². The van der Waals surface area contributed by atoms with E-state index in [9.17, 15) is 4.79 Å². The van der Waals surface area contributed by atoms with Crippen molar-refractivity contribution in [3.8, 4) is 0 Å². The molecule has 1 rings (SSSR count). The van der Waals surface area contributed by atoms with E-state index < -0.39 is 0 Å². The zero-order valence-electron chi connectivity index (χ0n) is 6.45. The summed E-state index contributed by atoms with van der Waals surface area (Å²) < 4.78 is 5.14. The van der Waals surface area contributed by atoms with Gasteiger partial charge in [-0.1, -0.05) is 0 Å². The third-order valence-electron chi connectivity index (χ3n) is 1.63. The van der Waals surface area contributed by atoms with Crippen molar-refractivity contribution >= 4 is 6.29 Å². The number of hydrogen-bond acceptors (Lipinski definition) is 3. The number of ether oxygens (including phenoxy) is 1. The zero-order valence-corrected chi connectivity index (χ0v) is 7.85. The van der Waals surface area contributed by atoms with Gasteiger partial charge in [-0.3, -0.25) is 6.29 Å². The Bertz CT molecular complexity index is 105. The van der Waals surface area contributed by atoms with E-state index in [0.29, 0.717) is 6.42 Å². The van der Waals surface area contributed by atoms with Crippen LogP contribution >= 0.6 is 0 Å². The molecule has 0 bridgehead atoms. The van der Waals surface area contributed by atoms with Gasteiger partial charge in [-0.05, 0) is 6.54 Å². The van der Waals surface area contributed by atoms with Crippen molar-refractivity contribution in [2.24, 2.45) is 0 Å². The van der Waals surface area contributed by atoms with E-state index in [2.05, 4.69) is 4.90 Å². The van der Waals surface area contributed by atoms with E-state index in [1.54, 1.807) is 0 Å². The summed E-state index contributed by atoms with van der Waals surface area (Å²) in [5, 5.41) is 0. The van der Waals surface area contributed by atoms with Crippen LogP contribution < -0.4 is 0 Å². The zero-order chi connectivity index (χ0) is 7.23. The van der Waals surface area contributed by atoms with Crippen LogP contribution in [-0.2, 0) is 28.1 Å². The summed E-state index contributed by atoms with van der Waals surface area (Å²) >= 11 is 0. The van der Waals surface area contributed by atoms with Gasteiger partial charge >= 0.3 is 0 Å². The summed E-state index contributed by atoms with van der Waals surface area (Å²) in [6.07, 6.45) is 2.41. The van der Waals surface area contributed by atoms with E-state index in [-0.39, 0.29) is 18.6 Å². The number of morpholine rings is 1. The number of nitrogens with zero attached hydrogens (tertiary/aromatic N) is 1. The van der Waals surface area contributed by atoms with E-state index in [1.165, 1.54) is 0 Å². The maximum Gasteiger partial charge on any atom is 0.0594 e. The topological polar surface area (TPSA) is 29.5 Å². The van der Waals surface area contributed by atoms with Gasteiger partial charge in [0.2, 0.25) is 0 Å².